The number of methoxy groups -OCH3 is 1. The lowest BCUT2D eigenvalue weighted by atomic mass is 10.2. The van der Waals surface area contributed by atoms with E-state index in [4.69, 9.17) is 10.5 Å². The number of amides is 1. The van der Waals surface area contributed by atoms with Crippen LogP contribution in [-0.4, -0.2) is 20.1 Å². The average molecular weight is 180 g/mol. The molecule has 3 N–H and O–H groups in total. The second-order valence-electron chi connectivity index (χ2n) is 2.53. The second kappa shape index (κ2) is 3.80. The molecule has 1 aromatic rings. The van der Waals surface area contributed by atoms with E-state index < -0.39 is 5.91 Å². The molecule has 0 heterocycles. The Morgan fingerprint density at radius 1 is 1.54 bits per heavy atom. The van der Waals surface area contributed by atoms with Crippen LogP contribution in [0.5, 0.6) is 5.75 Å². The molecule has 0 aliphatic carbocycles. The minimum absolute atomic E-state index is 0.445. The summed E-state index contributed by atoms with van der Waals surface area (Å²) in [6.07, 6.45) is 0. The third kappa shape index (κ3) is 1.90. The van der Waals surface area contributed by atoms with Crippen molar-refractivity contribution in [1.82, 2.24) is 0 Å². The molecule has 4 heteroatoms. The molecule has 0 radical (unpaired) electrons. The number of nitrogens with two attached hydrogens (primary N) is 1. The minimum Gasteiger partial charge on any atom is -0.495 e. The molecule has 0 bridgehead atoms. The predicted molar refractivity (Wildman–Crippen MR) is 51.1 cm³/mol. The number of benzene rings is 1. The summed E-state index contributed by atoms with van der Waals surface area (Å²) in [6.45, 7) is 0. The Bertz CT molecular complexity index is 323. The van der Waals surface area contributed by atoms with Gasteiger partial charge in [0, 0.05) is 12.6 Å². The third-order valence-electron chi connectivity index (χ3n) is 1.75. The number of rotatable bonds is 3. The van der Waals surface area contributed by atoms with Gasteiger partial charge in [-0.2, -0.15) is 0 Å². The number of nitrogens with one attached hydrogen (secondary N) is 1. The largest absolute Gasteiger partial charge is 0.495 e. The van der Waals surface area contributed by atoms with Gasteiger partial charge in [-0.15, -0.1) is 0 Å². The van der Waals surface area contributed by atoms with Crippen LogP contribution in [0.4, 0.5) is 5.69 Å². The molecule has 1 amide bonds. The Morgan fingerprint density at radius 3 is 2.69 bits per heavy atom. The molecule has 0 atom stereocenters. The first kappa shape index (κ1) is 9.38. The zero-order valence-electron chi connectivity index (χ0n) is 7.63. The topological polar surface area (TPSA) is 64.3 Å². The zero-order chi connectivity index (χ0) is 9.84. The maximum Gasteiger partial charge on any atom is 0.248 e. The molecule has 0 fully saturated rings. The summed E-state index contributed by atoms with van der Waals surface area (Å²) in [7, 11) is 3.32. The summed E-state index contributed by atoms with van der Waals surface area (Å²) in [5.74, 6) is 0.242. The molecule has 1 rings (SSSR count). The van der Waals surface area contributed by atoms with Crippen LogP contribution in [0.2, 0.25) is 0 Å². The Kier molecular flexibility index (Phi) is 2.74. The lowest BCUT2D eigenvalue weighted by Crippen LogP contribution is -2.11. The summed E-state index contributed by atoms with van der Waals surface area (Å²) in [5, 5.41) is 2.91. The smallest absolute Gasteiger partial charge is 0.248 e. The molecule has 4 nitrogen and oxygen atoms in total. The van der Waals surface area contributed by atoms with Crippen molar-refractivity contribution in [3.05, 3.63) is 23.8 Å². The molecule has 0 aliphatic rings. The highest BCUT2D eigenvalue weighted by molar-refractivity contribution is 5.94. The van der Waals surface area contributed by atoms with Crippen LogP contribution >= 0.6 is 0 Å². The van der Waals surface area contributed by atoms with E-state index in [1.165, 1.54) is 0 Å². The SMILES string of the molecule is CNc1cc(C(N)=O)ccc1OC. The van der Waals surface area contributed by atoms with Gasteiger partial charge in [0.15, 0.2) is 0 Å². The first-order valence-corrected chi connectivity index (χ1v) is 3.84. The van der Waals surface area contributed by atoms with Gasteiger partial charge in [0.05, 0.1) is 12.8 Å². The molecule has 0 spiro atoms. The predicted octanol–water partition coefficient (Wildman–Crippen LogP) is 0.836. The van der Waals surface area contributed by atoms with Crippen molar-refractivity contribution in [2.75, 3.05) is 19.5 Å². The normalized spacial score (nSPS) is 9.38. The highest BCUT2D eigenvalue weighted by Crippen LogP contribution is 2.24. The van der Waals surface area contributed by atoms with Crippen molar-refractivity contribution in [3.63, 3.8) is 0 Å². The van der Waals surface area contributed by atoms with Crippen molar-refractivity contribution < 1.29 is 9.53 Å². The van der Waals surface area contributed by atoms with Gasteiger partial charge in [0.2, 0.25) is 5.91 Å². The molecule has 0 saturated carbocycles. The quantitative estimate of drug-likeness (QED) is 0.724. The zero-order valence-corrected chi connectivity index (χ0v) is 7.63. The van der Waals surface area contributed by atoms with Crippen molar-refractivity contribution in [1.29, 1.82) is 0 Å². The van der Waals surface area contributed by atoms with E-state index in [1.54, 1.807) is 32.4 Å². The second-order valence-corrected chi connectivity index (χ2v) is 2.53. The summed E-state index contributed by atoms with van der Waals surface area (Å²) in [6, 6.07) is 4.98. The van der Waals surface area contributed by atoms with E-state index in [9.17, 15) is 4.79 Å². The molecule has 1 aromatic carbocycles. The molecule has 13 heavy (non-hydrogen) atoms. The van der Waals surface area contributed by atoms with Crippen molar-refractivity contribution in [2.24, 2.45) is 5.73 Å². The Morgan fingerprint density at radius 2 is 2.23 bits per heavy atom. The first-order valence-electron chi connectivity index (χ1n) is 3.84. The molecule has 0 unspecified atom stereocenters. The van der Waals surface area contributed by atoms with Crippen LogP contribution in [0, 0.1) is 0 Å². The Balaban J connectivity index is 3.13. The van der Waals surface area contributed by atoms with E-state index in [0.29, 0.717) is 11.3 Å². The summed E-state index contributed by atoms with van der Waals surface area (Å²) in [4.78, 5) is 10.8. The van der Waals surface area contributed by atoms with Crippen molar-refractivity contribution >= 4 is 11.6 Å². The molecule has 0 aromatic heterocycles. The van der Waals surface area contributed by atoms with E-state index in [-0.39, 0.29) is 0 Å². The van der Waals surface area contributed by atoms with Gasteiger partial charge < -0.3 is 15.8 Å². The molecule has 70 valence electrons. The molecule has 0 aliphatic heterocycles. The number of carbonyl (C=O) groups is 1. The summed E-state index contributed by atoms with van der Waals surface area (Å²) >= 11 is 0. The highest BCUT2D eigenvalue weighted by Gasteiger charge is 2.05. The van der Waals surface area contributed by atoms with E-state index in [2.05, 4.69) is 5.32 Å². The van der Waals surface area contributed by atoms with Crippen LogP contribution in [0.1, 0.15) is 10.4 Å². The van der Waals surface area contributed by atoms with Crippen LogP contribution in [-0.2, 0) is 0 Å². The fourth-order valence-electron chi connectivity index (χ4n) is 1.06. The van der Waals surface area contributed by atoms with Gasteiger partial charge in [0.1, 0.15) is 5.75 Å². The average Bonchev–Trinajstić information content (AvgIpc) is 2.16. The number of primary amides is 1. The van der Waals surface area contributed by atoms with Crippen molar-refractivity contribution in [2.45, 2.75) is 0 Å². The van der Waals surface area contributed by atoms with Crippen LogP contribution in [0.25, 0.3) is 0 Å². The van der Waals surface area contributed by atoms with Gasteiger partial charge in [-0.3, -0.25) is 4.79 Å². The third-order valence-corrected chi connectivity index (χ3v) is 1.75. The van der Waals surface area contributed by atoms with E-state index in [0.717, 1.165) is 5.69 Å². The minimum atomic E-state index is -0.445. The summed E-state index contributed by atoms with van der Waals surface area (Å²) < 4.78 is 5.06. The number of anilines is 1. The number of hydrogen-bond acceptors (Lipinski definition) is 3. The lowest BCUT2D eigenvalue weighted by Gasteiger charge is -2.08. The van der Waals surface area contributed by atoms with Crippen LogP contribution in [0.3, 0.4) is 0 Å². The first-order chi connectivity index (χ1) is 6.19. The van der Waals surface area contributed by atoms with Gasteiger partial charge in [-0.25, -0.2) is 0 Å². The summed E-state index contributed by atoms with van der Waals surface area (Å²) in [5.41, 5.74) is 6.33. The fraction of sp³-hybridized carbons (Fsp3) is 0.222. The van der Waals surface area contributed by atoms with Gasteiger partial charge >= 0.3 is 0 Å². The van der Waals surface area contributed by atoms with Crippen molar-refractivity contribution in [3.8, 4) is 5.75 Å². The lowest BCUT2D eigenvalue weighted by molar-refractivity contribution is 0.100. The maximum absolute atomic E-state index is 10.8. The number of hydrogen-bond donors (Lipinski definition) is 2. The Labute approximate surface area is 76.7 Å². The van der Waals surface area contributed by atoms with E-state index in [1.807, 2.05) is 0 Å². The monoisotopic (exact) mass is 180 g/mol. The fourth-order valence-corrected chi connectivity index (χ4v) is 1.06. The van der Waals surface area contributed by atoms with Gasteiger partial charge in [-0.05, 0) is 18.2 Å². The van der Waals surface area contributed by atoms with Gasteiger partial charge in [-0.1, -0.05) is 0 Å². The highest BCUT2D eigenvalue weighted by atomic mass is 16.5. The number of ether oxygens (including phenoxy) is 1. The molecule has 0 saturated heterocycles. The number of carbonyl (C=O) groups excluding carboxylic acids is 1. The van der Waals surface area contributed by atoms with E-state index >= 15 is 0 Å². The van der Waals surface area contributed by atoms with Crippen LogP contribution < -0.4 is 15.8 Å². The van der Waals surface area contributed by atoms with Gasteiger partial charge in [0.25, 0.3) is 0 Å². The Hall–Kier alpha value is -1.71. The standard InChI is InChI=1S/C9H12N2O2/c1-11-7-5-6(9(10)12)3-4-8(7)13-2/h3-5,11H,1-2H3,(H2,10,12). The maximum atomic E-state index is 10.8. The molecular formula is C9H12N2O2. The molecular weight excluding hydrogens is 168 g/mol. The van der Waals surface area contributed by atoms with Crippen LogP contribution in [0.15, 0.2) is 18.2 Å².